The maximum atomic E-state index is 8.85. The number of H-pyrrole nitrogens is 1. The van der Waals surface area contributed by atoms with Gasteiger partial charge in [-0.05, 0) is 0 Å². The molecule has 0 bridgehead atoms. The van der Waals surface area contributed by atoms with Gasteiger partial charge < -0.3 is 0 Å². The molecule has 7 heteroatoms. The molecule has 0 aromatic carbocycles. The molecule has 0 fully saturated rings. The minimum atomic E-state index is 0.105. The van der Waals surface area contributed by atoms with Gasteiger partial charge in [-0.3, -0.25) is 10.1 Å². The fourth-order valence-corrected chi connectivity index (χ4v) is 0.896. The summed E-state index contributed by atoms with van der Waals surface area (Å²) in [6, 6.07) is 3.87. The Kier molecular flexibility index (Phi) is 3.36. The van der Waals surface area contributed by atoms with Crippen LogP contribution in [-0.4, -0.2) is 29.3 Å². The standard InChI is InChI=1S/C8H9N7/c1-15(2)14-13-8-6(5-10)7(3-4-9)11-12-8/h3H2,1-2H3,(H,11,12). The molecule has 1 N–H and O–H groups in total. The van der Waals surface area contributed by atoms with E-state index in [0.29, 0.717) is 5.69 Å². The Morgan fingerprint density at radius 2 is 2.20 bits per heavy atom. The zero-order valence-electron chi connectivity index (χ0n) is 8.39. The summed E-state index contributed by atoms with van der Waals surface area (Å²) in [5.74, 6) is 0.205. The number of hydrogen-bond donors (Lipinski definition) is 1. The highest BCUT2D eigenvalue weighted by Crippen LogP contribution is 2.19. The minimum absolute atomic E-state index is 0.105. The quantitative estimate of drug-likeness (QED) is 0.582. The van der Waals surface area contributed by atoms with Gasteiger partial charge in [-0.2, -0.15) is 15.6 Å². The Bertz CT molecular complexity index is 443. The van der Waals surface area contributed by atoms with Crippen LogP contribution < -0.4 is 0 Å². The van der Waals surface area contributed by atoms with Gasteiger partial charge in [0.05, 0.1) is 18.2 Å². The third-order valence-corrected chi connectivity index (χ3v) is 1.51. The number of aromatic amines is 1. The molecule has 7 nitrogen and oxygen atoms in total. The summed E-state index contributed by atoms with van der Waals surface area (Å²) < 4.78 is 0. The molecular formula is C8H9N7. The van der Waals surface area contributed by atoms with Crippen LogP contribution in [0, 0.1) is 22.7 Å². The van der Waals surface area contributed by atoms with E-state index in [1.54, 1.807) is 14.1 Å². The Balaban J connectivity index is 3.01. The SMILES string of the molecule is CN(C)N=Nc1n[nH]c(CC#N)c1C#N. The van der Waals surface area contributed by atoms with Gasteiger partial charge in [-0.15, -0.1) is 5.11 Å². The smallest absolute Gasteiger partial charge is 0.215 e. The summed E-state index contributed by atoms with van der Waals surface area (Å²) in [5.41, 5.74) is 0.731. The first-order valence-electron chi connectivity index (χ1n) is 4.12. The van der Waals surface area contributed by atoms with E-state index in [1.165, 1.54) is 5.01 Å². The number of aromatic nitrogens is 2. The monoisotopic (exact) mass is 203 g/mol. The fraction of sp³-hybridized carbons (Fsp3) is 0.375. The largest absolute Gasteiger partial charge is 0.285 e. The van der Waals surface area contributed by atoms with E-state index in [0.717, 1.165) is 0 Å². The first-order valence-corrected chi connectivity index (χ1v) is 4.12. The molecule has 15 heavy (non-hydrogen) atoms. The highest BCUT2D eigenvalue weighted by Gasteiger charge is 2.11. The van der Waals surface area contributed by atoms with E-state index in [-0.39, 0.29) is 17.8 Å². The Morgan fingerprint density at radius 1 is 1.47 bits per heavy atom. The maximum Gasteiger partial charge on any atom is 0.215 e. The van der Waals surface area contributed by atoms with Gasteiger partial charge in [0.15, 0.2) is 0 Å². The lowest BCUT2D eigenvalue weighted by atomic mass is 10.2. The predicted molar refractivity (Wildman–Crippen MR) is 50.8 cm³/mol. The van der Waals surface area contributed by atoms with Crippen molar-refractivity contribution in [2.45, 2.75) is 6.42 Å². The number of nitriles is 2. The highest BCUT2D eigenvalue weighted by atomic mass is 15.5. The van der Waals surface area contributed by atoms with E-state index in [9.17, 15) is 0 Å². The van der Waals surface area contributed by atoms with Crippen molar-refractivity contribution in [2.75, 3.05) is 14.1 Å². The molecule has 1 heterocycles. The molecule has 0 radical (unpaired) electrons. The molecular weight excluding hydrogens is 194 g/mol. The Labute approximate surface area is 86.6 Å². The van der Waals surface area contributed by atoms with Gasteiger partial charge >= 0.3 is 0 Å². The Hall–Kier alpha value is -2.41. The van der Waals surface area contributed by atoms with Crippen molar-refractivity contribution in [3.8, 4) is 12.1 Å². The lowest BCUT2D eigenvalue weighted by Crippen LogP contribution is -1.99. The average molecular weight is 203 g/mol. The van der Waals surface area contributed by atoms with Crippen LogP contribution in [0.15, 0.2) is 10.3 Å². The summed E-state index contributed by atoms with van der Waals surface area (Å²) in [6.07, 6.45) is 0.105. The van der Waals surface area contributed by atoms with Gasteiger partial charge in [0.1, 0.15) is 11.6 Å². The first kappa shape index (κ1) is 10.7. The normalized spacial score (nSPS) is 9.87. The summed E-state index contributed by atoms with van der Waals surface area (Å²) in [7, 11) is 3.41. The molecule has 0 amide bonds. The van der Waals surface area contributed by atoms with Crippen LogP contribution in [0.5, 0.6) is 0 Å². The highest BCUT2D eigenvalue weighted by molar-refractivity contribution is 5.50. The zero-order chi connectivity index (χ0) is 11.3. The van der Waals surface area contributed by atoms with Crippen LogP contribution in [0.2, 0.25) is 0 Å². The van der Waals surface area contributed by atoms with Crippen molar-refractivity contribution in [1.29, 1.82) is 10.5 Å². The number of hydrogen-bond acceptors (Lipinski definition) is 5. The molecule has 0 unspecified atom stereocenters. The van der Waals surface area contributed by atoms with E-state index >= 15 is 0 Å². The van der Waals surface area contributed by atoms with Crippen LogP contribution in [-0.2, 0) is 6.42 Å². The summed E-state index contributed by atoms with van der Waals surface area (Å²) in [5, 5.41) is 32.7. The number of rotatable bonds is 3. The third kappa shape index (κ3) is 2.51. The first-order chi connectivity index (χ1) is 7.19. The van der Waals surface area contributed by atoms with Gasteiger partial charge in [0, 0.05) is 14.1 Å². The summed E-state index contributed by atoms with van der Waals surface area (Å²) in [4.78, 5) is 0. The zero-order valence-corrected chi connectivity index (χ0v) is 8.39. The van der Waals surface area contributed by atoms with Crippen molar-refractivity contribution in [3.63, 3.8) is 0 Å². The summed E-state index contributed by atoms with van der Waals surface area (Å²) in [6.45, 7) is 0. The van der Waals surface area contributed by atoms with Gasteiger partial charge in [0.25, 0.3) is 0 Å². The molecule has 1 rings (SSSR count). The number of nitrogens with zero attached hydrogens (tertiary/aromatic N) is 6. The van der Waals surface area contributed by atoms with E-state index in [1.807, 2.05) is 12.1 Å². The second kappa shape index (κ2) is 4.72. The van der Waals surface area contributed by atoms with Crippen LogP contribution >= 0.6 is 0 Å². The third-order valence-electron chi connectivity index (χ3n) is 1.51. The average Bonchev–Trinajstić information content (AvgIpc) is 2.58. The molecule has 0 aliphatic carbocycles. The number of nitrogens with one attached hydrogen (secondary N) is 1. The van der Waals surface area contributed by atoms with Crippen molar-refractivity contribution >= 4 is 5.82 Å². The molecule has 1 aromatic heterocycles. The van der Waals surface area contributed by atoms with Crippen LogP contribution in [0.3, 0.4) is 0 Å². The van der Waals surface area contributed by atoms with E-state index < -0.39 is 0 Å². The second-order valence-electron chi connectivity index (χ2n) is 2.88. The molecule has 0 aliphatic rings. The van der Waals surface area contributed by atoms with Crippen molar-refractivity contribution in [1.82, 2.24) is 15.2 Å². The topological polar surface area (TPSA) is 104 Å². The molecule has 0 saturated heterocycles. The van der Waals surface area contributed by atoms with Crippen molar-refractivity contribution in [3.05, 3.63) is 11.3 Å². The fourth-order valence-electron chi connectivity index (χ4n) is 0.896. The lowest BCUT2D eigenvalue weighted by molar-refractivity contribution is 0.407. The summed E-state index contributed by atoms with van der Waals surface area (Å²) >= 11 is 0. The molecule has 0 atom stereocenters. The van der Waals surface area contributed by atoms with Gasteiger partial charge in [0.2, 0.25) is 5.82 Å². The molecule has 0 aliphatic heterocycles. The van der Waals surface area contributed by atoms with Crippen LogP contribution in [0.25, 0.3) is 0 Å². The second-order valence-corrected chi connectivity index (χ2v) is 2.88. The molecule has 0 spiro atoms. The van der Waals surface area contributed by atoms with Gasteiger partial charge in [-0.25, -0.2) is 0 Å². The Morgan fingerprint density at radius 3 is 2.73 bits per heavy atom. The van der Waals surface area contributed by atoms with E-state index in [2.05, 4.69) is 20.5 Å². The van der Waals surface area contributed by atoms with Crippen molar-refractivity contribution in [2.24, 2.45) is 10.3 Å². The lowest BCUT2D eigenvalue weighted by Gasteiger charge is -1.98. The van der Waals surface area contributed by atoms with Crippen molar-refractivity contribution < 1.29 is 0 Å². The van der Waals surface area contributed by atoms with Crippen LogP contribution in [0.1, 0.15) is 11.3 Å². The van der Waals surface area contributed by atoms with E-state index in [4.69, 9.17) is 10.5 Å². The molecule has 76 valence electrons. The molecule has 0 saturated carbocycles. The minimum Gasteiger partial charge on any atom is -0.285 e. The molecule has 1 aromatic rings. The van der Waals surface area contributed by atoms with Gasteiger partial charge in [-0.1, -0.05) is 5.22 Å². The predicted octanol–water partition coefficient (Wildman–Crippen LogP) is 0.908. The maximum absolute atomic E-state index is 8.85. The van der Waals surface area contributed by atoms with Crippen LogP contribution in [0.4, 0.5) is 5.82 Å².